The van der Waals surface area contributed by atoms with Gasteiger partial charge in [-0.25, -0.2) is 4.98 Å². The van der Waals surface area contributed by atoms with Crippen LogP contribution in [-0.2, 0) is 6.54 Å². The fraction of sp³-hybridized carbons (Fsp3) is 0.200. The van der Waals surface area contributed by atoms with Crippen LogP contribution >= 0.6 is 0 Å². The molecule has 4 nitrogen and oxygen atoms in total. The van der Waals surface area contributed by atoms with E-state index in [-0.39, 0.29) is 11.9 Å². The number of hydrogen-bond donors (Lipinski definition) is 1. The van der Waals surface area contributed by atoms with Crippen molar-refractivity contribution in [2.75, 3.05) is 0 Å². The zero-order valence-corrected chi connectivity index (χ0v) is 13.8. The number of aromatic nitrogens is 2. The average molecular weight is 317 g/mol. The minimum absolute atomic E-state index is 0.111. The monoisotopic (exact) mass is 317 g/mol. The first kappa shape index (κ1) is 15.8. The Hall–Kier alpha value is -3.06. The standard InChI is InChI=1S/C20H19N3O/c1-4-13-23-18-12-8-7-11-17(18)22-19(23)15(3)21-20(24)16-10-6-5-9-14(16)2/h1,5-12,15H,13H2,2-3H3,(H,21,24). The van der Waals surface area contributed by atoms with E-state index >= 15 is 0 Å². The number of rotatable bonds is 4. The van der Waals surface area contributed by atoms with Crippen LogP contribution in [0.4, 0.5) is 0 Å². The summed E-state index contributed by atoms with van der Waals surface area (Å²) < 4.78 is 1.97. The summed E-state index contributed by atoms with van der Waals surface area (Å²) in [5.74, 6) is 3.31. The van der Waals surface area contributed by atoms with Gasteiger partial charge in [0.05, 0.1) is 23.6 Å². The van der Waals surface area contributed by atoms with Gasteiger partial charge in [-0.3, -0.25) is 4.79 Å². The zero-order valence-electron chi connectivity index (χ0n) is 13.8. The first-order valence-electron chi connectivity index (χ1n) is 7.87. The number of nitrogens with one attached hydrogen (secondary N) is 1. The second-order valence-corrected chi connectivity index (χ2v) is 5.76. The molecule has 0 saturated carbocycles. The van der Waals surface area contributed by atoms with Crippen LogP contribution in [0.15, 0.2) is 48.5 Å². The van der Waals surface area contributed by atoms with Gasteiger partial charge in [0.2, 0.25) is 0 Å². The van der Waals surface area contributed by atoms with Gasteiger partial charge in [0.15, 0.2) is 0 Å². The van der Waals surface area contributed by atoms with Gasteiger partial charge in [0.25, 0.3) is 5.91 Å². The summed E-state index contributed by atoms with van der Waals surface area (Å²) in [5, 5.41) is 3.02. The SMILES string of the molecule is C#CCn1c(C(C)NC(=O)c2ccccc2C)nc2ccccc21. The van der Waals surface area contributed by atoms with Crippen LogP contribution in [0.25, 0.3) is 11.0 Å². The van der Waals surface area contributed by atoms with Crippen molar-refractivity contribution in [1.29, 1.82) is 0 Å². The van der Waals surface area contributed by atoms with Crippen LogP contribution in [0.3, 0.4) is 0 Å². The molecule has 0 radical (unpaired) electrons. The Morgan fingerprint density at radius 1 is 1.25 bits per heavy atom. The van der Waals surface area contributed by atoms with Crippen molar-refractivity contribution in [3.05, 3.63) is 65.5 Å². The number of amides is 1. The maximum absolute atomic E-state index is 12.5. The van der Waals surface area contributed by atoms with Crippen molar-refractivity contribution >= 4 is 16.9 Å². The number of aryl methyl sites for hydroxylation is 1. The number of terminal acetylenes is 1. The molecular weight excluding hydrogens is 298 g/mol. The Morgan fingerprint density at radius 2 is 1.96 bits per heavy atom. The van der Waals surface area contributed by atoms with Gasteiger partial charge in [-0.05, 0) is 37.6 Å². The van der Waals surface area contributed by atoms with E-state index in [9.17, 15) is 4.79 Å². The quantitative estimate of drug-likeness (QED) is 0.749. The van der Waals surface area contributed by atoms with Gasteiger partial charge in [0, 0.05) is 5.56 Å². The van der Waals surface area contributed by atoms with Gasteiger partial charge in [-0.15, -0.1) is 6.42 Å². The molecule has 120 valence electrons. The molecule has 0 aliphatic rings. The van der Waals surface area contributed by atoms with Gasteiger partial charge < -0.3 is 9.88 Å². The zero-order chi connectivity index (χ0) is 17.1. The van der Waals surface area contributed by atoms with Crippen molar-refractivity contribution in [3.8, 4) is 12.3 Å². The predicted molar refractivity (Wildman–Crippen MR) is 95.6 cm³/mol. The summed E-state index contributed by atoms with van der Waals surface area (Å²) in [6.45, 7) is 4.26. The molecule has 0 fully saturated rings. The minimum Gasteiger partial charge on any atom is -0.342 e. The number of carbonyl (C=O) groups excluding carboxylic acids is 1. The van der Waals surface area contributed by atoms with E-state index in [0.29, 0.717) is 12.1 Å². The molecule has 0 aliphatic heterocycles. The number of carbonyl (C=O) groups is 1. The highest BCUT2D eigenvalue weighted by Gasteiger charge is 2.19. The minimum atomic E-state index is -0.252. The summed E-state index contributed by atoms with van der Waals surface area (Å²) in [6, 6.07) is 15.1. The number of para-hydroxylation sites is 2. The number of nitrogens with zero attached hydrogens (tertiary/aromatic N) is 2. The average Bonchev–Trinajstić information content (AvgIpc) is 2.94. The Balaban J connectivity index is 1.93. The molecule has 0 spiro atoms. The van der Waals surface area contributed by atoms with Crippen molar-refractivity contribution in [1.82, 2.24) is 14.9 Å². The number of fused-ring (bicyclic) bond motifs is 1. The van der Waals surface area contributed by atoms with Gasteiger partial charge in [0.1, 0.15) is 5.82 Å². The lowest BCUT2D eigenvalue weighted by Crippen LogP contribution is -2.29. The molecule has 0 saturated heterocycles. The van der Waals surface area contributed by atoms with Gasteiger partial charge >= 0.3 is 0 Å². The third kappa shape index (κ3) is 2.89. The van der Waals surface area contributed by atoms with E-state index in [1.165, 1.54) is 0 Å². The van der Waals surface area contributed by atoms with Crippen LogP contribution in [0.5, 0.6) is 0 Å². The summed E-state index contributed by atoms with van der Waals surface area (Å²) >= 11 is 0. The molecule has 2 aromatic carbocycles. The second kappa shape index (κ2) is 6.59. The molecule has 1 heterocycles. The third-order valence-electron chi connectivity index (χ3n) is 4.06. The number of hydrogen-bond acceptors (Lipinski definition) is 2. The first-order valence-corrected chi connectivity index (χ1v) is 7.87. The van der Waals surface area contributed by atoms with E-state index in [1.54, 1.807) is 0 Å². The maximum atomic E-state index is 12.5. The van der Waals surface area contributed by atoms with Crippen molar-refractivity contribution < 1.29 is 4.79 Å². The van der Waals surface area contributed by atoms with E-state index < -0.39 is 0 Å². The van der Waals surface area contributed by atoms with Crippen LogP contribution in [0.2, 0.25) is 0 Å². The topological polar surface area (TPSA) is 46.9 Å². The molecule has 24 heavy (non-hydrogen) atoms. The van der Waals surface area contributed by atoms with Gasteiger partial charge in [-0.1, -0.05) is 36.3 Å². The third-order valence-corrected chi connectivity index (χ3v) is 4.06. The molecular formula is C20H19N3O. The molecule has 0 aliphatic carbocycles. The van der Waals surface area contributed by atoms with Crippen molar-refractivity contribution in [2.45, 2.75) is 26.4 Å². The molecule has 4 heteroatoms. The van der Waals surface area contributed by atoms with Crippen molar-refractivity contribution in [2.24, 2.45) is 0 Å². The highest BCUT2D eigenvalue weighted by Crippen LogP contribution is 2.21. The smallest absolute Gasteiger partial charge is 0.252 e. The lowest BCUT2D eigenvalue weighted by molar-refractivity contribution is 0.0937. The van der Waals surface area contributed by atoms with Crippen molar-refractivity contribution in [3.63, 3.8) is 0 Å². The van der Waals surface area contributed by atoms with E-state index in [1.807, 2.05) is 66.9 Å². The Labute approximate surface area is 141 Å². The molecule has 1 N–H and O–H groups in total. The second-order valence-electron chi connectivity index (χ2n) is 5.76. The molecule has 1 unspecified atom stereocenters. The molecule has 1 aromatic heterocycles. The predicted octanol–water partition coefficient (Wildman–Crippen LogP) is 3.47. The highest BCUT2D eigenvalue weighted by molar-refractivity contribution is 5.95. The van der Waals surface area contributed by atoms with E-state index in [0.717, 1.165) is 22.4 Å². The van der Waals surface area contributed by atoms with E-state index in [2.05, 4.69) is 16.2 Å². The summed E-state index contributed by atoms with van der Waals surface area (Å²) in [6.07, 6.45) is 5.51. The Kier molecular flexibility index (Phi) is 4.35. The lowest BCUT2D eigenvalue weighted by atomic mass is 10.1. The summed E-state index contributed by atoms with van der Waals surface area (Å²) in [4.78, 5) is 17.2. The maximum Gasteiger partial charge on any atom is 0.252 e. The molecule has 1 amide bonds. The van der Waals surface area contributed by atoms with Crippen LogP contribution in [0, 0.1) is 19.3 Å². The van der Waals surface area contributed by atoms with Crippen LogP contribution < -0.4 is 5.32 Å². The fourth-order valence-electron chi connectivity index (χ4n) is 2.85. The summed E-state index contributed by atoms with van der Waals surface area (Å²) in [7, 11) is 0. The molecule has 1 atom stereocenters. The summed E-state index contributed by atoms with van der Waals surface area (Å²) in [5.41, 5.74) is 3.46. The lowest BCUT2D eigenvalue weighted by Gasteiger charge is -2.16. The first-order chi connectivity index (χ1) is 11.6. The molecule has 3 rings (SSSR count). The van der Waals surface area contributed by atoms with Gasteiger partial charge in [-0.2, -0.15) is 0 Å². The van der Waals surface area contributed by atoms with Crippen LogP contribution in [-0.4, -0.2) is 15.5 Å². The Bertz CT molecular complexity index is 933. The largest absolute Gasteiger partial charge is 0.342 e. The van der Waals surface area contributed by atoms with E-state index in [4.69, 9.17) is 6.42 Å². The highest BCUT2D eigenvalue weighted by atomic mass is 16.1. The normalized spacial score (nSPS) is 11.9. The number of benzene rings is 2. The van der Waals surface area contributed by atoms with Crippen LogP contribution in [0.1, 0.15) is 34.7 Å². The Morgan fingerprint density at radius 3 is 2.71 bits per heavy atom. The molecule has 0 bridgehead atoms. The fourth-order valence-corrected chi connectivity index (χ4v) is 2.85. The molecule has 3 aromatic rings. The number of imidazole rings is 1.